The van der Waals surface area contributed by atoms with E-state index in [4.69, 9.17) is 0 Å². The molecular weight excluding hydrogens is 144 g/mol. The minimum Gasteiger partial charge on any atom is -0.128 e. The second-order valence-corrected chi connectivity index (χ2v) is 4.50. The Kier molecular flexibility index (Phi) is 2.59. The molecule has 0 radical (unpaired) electrons. The summed E-state index contributed by atoms with van der Waals surface area (Å²) in [6, 6.07) is 0. The highest BCUT2D eigenvalue weighted by Crippen LogP contribution is 2.38. The lowest BCUT2D eigenvalue weighted by molar-refractivity contribution is 0.316. The SMILES string of the molecule is C=C=CC1=C(C)CC(C)(C)CC1. The largest absolute Gasteiger partial charge is 0.128 e. The number of allylic oxidation sites excluding steroid dienone is 3. The second kappa shape index (κ2) is 3.33. The molecule has 0 saturated carbocycles. The molecule has 1 rings (SSSR count). The van der Waals surface area contributed by atoms with E-state index in [0.29, 0.717) is 5.41 Å². The molecule has 0 fully saturated rings. The van der Waals surface area contributed by atoms with Gasteiger partial charge in [0.25, 0.3) is 0 Å². The van der Waals surface area contributed by atoms with Crippen molar-refractivity contribution < 1.29 is 0 Å². The summed E-state index contributed by atoms with van der Waals surface area (Å²) >= 11 is 0. The van der Waals surface area contributed by atoms with E-state index in [2.05, 4.69) is 33.1 Å². The van der Waals surface area contributed by atoms with E-state index in [9.17, 15) is 0 Å². The van der Waals surface area contributed by atoms with Crippen LogP contribution >= 0.6 is 0 Å². The predicted octanol–water partition coefficient (Wildman–Crippen LogP) is 3.85. The van der Waals surface area contributed by atoms with E-state index in [1.54, 1.807) is 0 Å². The van der Waals surface area contributed by atoms with E-state index in [-0.39, 0.29) is 0 Å². The second-order valence-electron chi connectivity index (χ2n) is 4.50. The van der Waals surface area contributed by atoms with Gasteiger partial charge in [-0.1, -0.05) is 26.0 Å². The van der Waals surface area contributed by atoms with Crippen LogP contribution in [0.25, 0.3) is 0 Å². The molecule has 0 N–H and O–H groups in total. The zero-order chi connectivity index (χ0) is 9.19. The van der Waals surface area contributed by atoms with Crippen LogP contribution in [0.3, 0.4) is 0 Å². The minimum absolute atomic E-state index is 0.503. The lowest BCUT2D eigenvalue weighted by Gasteiger charge is -2.30. The smallest absolute Gasteiger partial charge is 0.0174 e. The Balaban J connectivity index is 2.85. The summed E-state index contributed by atoms with van der Waals surface area (Å²) in [5.41, 5.74) is 6.33. The van der Waals surface area contributed by atoms with Gasteiger partial charge in [0.2, 0.25) is 0 Å². The van der Waals surface area contributed by atoms with Crippen LogP contribution in [0.2, 0.25) is 0 Å². The Bertz CT molecular complexity index is 247. The Labute approximate surface area is 75.7 Å². The van der Waals surface area contributed by atoms with Crippen LogP contribution in [0.15, 0.2) is 29.5 Å². The van der Waals surface area contributed by atoms with Crippen LogP contribution in [-0.2, 0) is 0 Å². The lowest BCUT2D eigenvalue weighted by Crippen LogP contribution is -2.16. The fourth-order valence-electron chi connectivity index (χ4n) is 1.92. The van der Waals surface area contributed by atoms with E-state index in [1.165, 1.54) is 30.4 Å². The molecule has 0 nitrogen and oxygen atoms in total. The van der Waals surface area contributed by atoms with Gasteiger partial charge in [0.1, 0.15) is 0 Å². The van der Waals surface area contributed by atoms with Crippen molar-refractivity contribution in [1.29, 1.82) is 0 Å². The monoisotopic (exact) mass is 162 g/mol. The molecule has 0 aromatic carbocycles. The van der Waals surface area contributed by atoms with Crippen LogP contribution in [-0.4, -0.2) is 0 Å². The highest BCUT2D eigenvalue weighted by atomic mass is 14.3. The average molecular weight is 162 g/mol. The standard InChI is InChI=1S/C12H18/c1-5-6-11-7-8-12(3,4)9-10(11)2/h6H,1,7-9H2,2-4H3. The number of hydrogen-bond acceptors (Lipinski definition) is 0. The summed E-state index contributed by atoms with van der Waals surface area (Å²) in [5, 5.41) is 0. The van der Waals surface area contributed by atoms with Crippen molar-refractivity contribution in [2.75, 3.05) is 0 Å². The normalized spacial score (nSPS) is 21.9. The zero-order valence-corrected chi connectivity index (χ0v) is 8.41. The molecular formula is C12H18. The Morgan fingerprint density at radius 3 is 2.67 bits per heavy atom. The van der Waals surface area contributed by atoms with Crippen molar-refractivity contribution in [2.24, 2.45) is 5.41 Å². The summed E-state index contributed by atoms with van der Waals surface area (Å²) in [6.45, 7) is 10.5. The van der Waals surface area contributed by atoms with E-state index < -0.39 is 0 Å². The zero-order valence-electron chi connectivity index (χ0n) is 8.41. The van der Waals surface area contributed by atoms with Gasteiger partial charge in [-0.2, -0.15) is 0 Å². The molecule has 0 atom stereocenters. The summed E-state index contributed by atoms with van der Waals surface area (Å²) < 4.78 is 0. The van der Waals surface area contributed by atoms with E-state index in [1.807, 2.05) is 6.08 Å². The maximum atomic E-state index is 3.61. The first-order valence-corrected chi connectivity index (χ1v) is 4.60. The number of hydrogen-bond donors (Lipinski definition) is 0. The molecule has 1 aliphatic carbocycles. The van der Waals surface area contributed by atoms with Gasteiger partial charge in [0.15, 0.2) is 0 Å². The molecule has 0 aliphatic heterocycles. The van der Waals surface area contributed by atoms with Crippen molar-refractivity contribution in [2.45, 2.75) is 40.0 Å². The van der Waals surface area contributed by atoms with Gasteiger partial charge in [-0.05, 0) is 43.3 Å². The summed E-state index contributed by atoms with van der Waals surface area (Å²) in [7, 11) is 0. The summed E-state index contributed by atoms with van der Waals surface area (Å²) in [4.78, 5) is 0. The fraction of sp³-hybridized carbons (Fsp3) is 0.583. The first-order chi connectivity index (χ1) is 5.55. The van der Waals surface area contributed by atoms with Crippen LogP contribution in [0.5, 0.6) is 0 Å². The van der Waals surface area contributed by atoms with Crippen molar-refractivity contribution in [3.8, 4) is 0 Å². The predicted molar refractivity (Wildman–Crippen MR) is 54.0 cm³/mol. The quantitative estimate of drug-likeness (QED) is 0.514. The molecule has 0 heterocycles. The van der Waals surface area contributed by atoms with E-state index in [0.717, 1.165) is 0 Å². The topological polar surface area (TPSA) is 0 Å². The van der Waals surface area contributed by atoms with Crippen molar-refractivity contribution in [1.82, 2.24) is 0 Å². The molecule has 0 heteroatoms. The van der Waals surface area contributed by atoms with Crippen molar-refractivity contribution in [3.05, 3.63) is 29.5 Å². The molecule has 1 aliphatic rings. The third-order valence-corrected chi connectivity index (χ3v) is 2.64. The van der Waals surface area contributed by atoms with Crippen LogP contribution in [0, 0.1) is 5.41 Å². The van der Waals surface area contributed by atoms with Crippen molar-refractivity contribution >= 4 is 0 Å². The van der Waals surface area contributed by atoms with Crippen molar-refractivity contribution in [3.63, 3.8) is 0 Å². The van der Waals surface area contributed by atoms with Crippen LogP contribution in [0.4, 0.5) is 0 Å². The van der Waals surface area contributed by atoms with Crippen LogP contribution < -0.4 is 0 Å². The van der Waals surface area contributed by atoms with Crippen LogP contribution in [0.1, 0.15) is 40.0 Å². The highest BCUT2D eigenvalue weighted by molar-refractivity contribution is 5.27. The highest BCUT2D eigenvalue weighted by Gasteiger charge is 2.23. The van der Waals surface area contributed by atoms with E-state index >= 15 is 0 Å². The van der Waals surface area contributed by atoms with Gasteiger partial charge in [-0.3, -0.25) is 0 Å². The lowest BCUT2D eigenvalue weighted by atomic mass is 9.75. The molecule has 12 heavy (non-hydrogen) atoms. The first-order valence-electron chi connectivity index (χ1n) is 4.60. The Morgan fingerprint density at radius 1 is 1.50 bits per heavy atom. The maximum Gasteiger partial charge on any atom is -0.0174 e. The molecule has 0 saturated heterocycles. The summed E-state index contributed by atoms with van der Waals surface area (Å²) in [5.74, 6) is 0. The fourth-order valence-corrected chi connectivity index (χ4v) is 1.92. The molecule has 0 spiro atoms. The number of rotatable bonds is 1. The average Bonchev–Trinajstić information content (AvgIpc) is 1.94. The van der Waals surface area contributed by atoms with Gasteiger partial charge in [-0.15, -0.1) is 5.73 Å². The van der Waals surface area contributed by atoms with Gasteiger partial charge in [0, 0.05) is 0 Å². The molecule has 0 amide bonds. The molecule has 66 valence electrons. The van der Waals surface area contributed by atoms with Gasteiger partial charge >= 0.3 is 0 Å². The molecule has 0 bridgehead atoms. The Morgan fingerprint density at radius 2 is 2.17 bits per heavy atom. The first kappa shape index (κ1) is 9.35. The van der Waals surface area contributed by atoms with Gasteiger partial charge < -0.3 is 0 Å². The summed E-state index contributed by atoms with van der Waals surface area (Å²) in [6.07, 6.45) is 5.74. The molecule has 0 unspecified atom stereocenters. The Hall–Kier alpha value is -0.740. The maximum absolute atomic E-state index is 3.61. The molecule has 0 aromatic rings. The minimum atomic E-state index is 0.503. The third kappa shape index (κ3) is 2.12. The van der Waals surface area contributed by atoms with Gasteiger partial charge in [-0.25, -0.2) is 0 Å². The van der Waals surface area contributed by atoms with Gasteiger partial charge in [0.05, 0.1) is 0 Å². The third-order valence-electron chi connectivity index (χ3n) is 2.64. The molecule has 0 aromatic heterocycles.